The van der Waals surface area contributed by atoms with E-state index in [1.807, 2.05) is 0 Å². The van der Waals surface area contributed by atoms with Crippen LogP contribution >= 0.6 is 23.2 Å². The van der Waals surface area contributed by atoms with Gasteiger partial charge >= 0.3 is 17.9 Å². The van der Waals surface area contributed by atoms with Gasteiger partial charge in [-0.2, -0.15) is 0 Å². The molecule has 3 aliphatic heterocycles. The van der Waals surface area contributed by atoms with Gasteiger partial charge in [0.2, 0.25) is 0 Å². The first-order chi connectivity index (χ1) is 26.1. The molecule has 2 saturated carbocycles. The fourth-order valence-electron chi connectivity index (χ4n) is 9.42. The fraction of sp³-hybridized carbons (Fsp3) is 0.366. The Hall–Kier alpha value is -3.92. The first-order valence-electron chi connectivity index (χ1n) is 17.6. The maximum Gasteiger partial charge on any atom is 0.339 e. The van der Waals surface area contributed by atoms with Crippen LogP contribution in [0.5, 0.6) is 0 Å². The van der Waals surface area contributed by atoms with Gasteiger partial charge in [-0.25, -0.2) is 9.59 Å². The van der Waals surface area contributed by atoms with E-state index in [0.29, 0.717) is 5.56 Å². The Labute approximate surface area is 325 Å². The van der Waals surface area contributed by atoms with Crippen LogP contribution in [-0.4, -0.2) is 97.0 Å². The maximum absolute atomic E-state index is 14.0. The standard InChI is InChI=1S/C41H38Cl2O12/c1-21(2)39(54-35(47)24-15-9-5-10-16-24)30-22(3)40-27-19-26(33(42)43)31(51-34(46)23-13-7-4-8-14-23)38(27,50)36(48)37(49,20-44)29(45)28(40)32(39)53-41(52-30,55-40)25-17-11-6-12-18-25/h4-19,22,28-32,36,44-45,48-50H,1,20H2,2-3H3/t22-,28+,29+,30+,31+,32-,36-,37+,38-,39+,40+,41?/m1/s1. The molecule has 0 aromatic heterocycles. The normalized spacial score (nSPS) is 39.7. The summed E-state index contributed by atoms with van der Waals surface area (Å²) in [5.74, 6) is -6.54. The number of halogens is 2. The number of aliphatic hydroxyl groups excluding tert-OH is 3. The van der Waals surface area contributed by atoms with E-state index < -0.39 is 93.8 Å². The zero-order valence-corrected chi connectivity index (χ0v) is 31.1. The molecule has 1 unspecified atom stereocenters. The molecule has 6 aliphatic rings. The third-order valence-electron chi connectivity index (χ3n) is 12.0. The summed E-state index contributed by atoms with van der Waals surface area (Å²) in [4.78, 5) is 27.7. The molecule has 3 aromatic rings. The molecule has 4 bridgehead atoms. The highest BCUT2D eigenvalue weighted by molar-refractivity contribution is 6.56. The maximum atomic E-state index is 14.0. The Morgan fingerprint density at radius 1 is 0.855 bits per heavy atom. The van der Waals surface area contributed by atoms with Crippen molar-refractivity contribution in [3.8, 4) is 0 Å². The van der Waals surface area contributed by atoms with Crippen LogP contribution in [0.2, 0.25) is 0 Å². The number of carbonyl (C=O) groups is 2. The minimum absolute atomic E-state index is 0.0683. The Kier molecular flexibility index (Phi) is 9.02. The fourth-order valence-corrected chi connectivity index (χ4v) is 9.73. The van der Waals surface area contributed by atoms with Crippen molar-refractivity contribution in [3.63, 3.8) is 0 Å². The summed E-state index contributed by atoms with van der Waals surface area (Å²) in [5, 5.41) is 61.3. The molecule has 3 heterocycles. The number of fused-ring (bicyclic) bond motifs is 1. The lowest BCUT2D eigenvalue weighted by atomic mass is 9.52. The van der Waals surface area contributed by atoms with Crippen molar-refractivity contribution < 1.29 is 58.8 Å². The number of rotatable bonds is 7. The van der Waals surface area contributed by atoms with Crippen LogP contribution in [-0.2, 0) is 29.7 Å². The predicted molar refractivity (Wildman–Crippen MR) is 195 cm³/mol. The monoisotopic (exact) mass is 792 g/mol. The Morgan fingerprint density at radius 3 is 1.95 bits per heavy atom. The van der Waals surface area contributed by atoms with Crippen molar-refractivity contribution in [2.75, 3.05) is 6.61 Å². The van der Waals surface area contributed by atoms with Crippen LogP contribution in [0.3, 0.4) is 0 Å². The summed E-state index contributed by atoms with van der Waals surface area (Å²) in [6.07, 6.45) is -8.10. The second-order valence-corrected chi connectivity index (χ2v) is 15.7. The molecule has 55 heavy (non-hydrogen) atoms. The average molecular weight is 794 g/mol. The number of benzene rings is 3. The second kappa shape index (κ2) is 13.1. The van der Waals surface area contributed by atoms with Crippen molar-refractivity contribution in [1.29, 1.82) is 0 Å². The van der Waals surface area contributed by atoms with E-state index in [1.54, 1.807) is 92.7 Å². The van der Waals surface area contributed by atoms with Crippen LogP contribution in [0.25, 0.3) is 0 Å². The molecule has 14 heteroatoms. The van der Waals surface area contributed by atoms with Crippen molar-refractivity contribution in [2.24, 2.45) is 11.8 Å². The SMILES string of the molecule is C=C(C)[C@@]1(OC(=O)c2ccccc2)[C@@H]2OC3(c4ccccc4)O[C@H]1[C@@H](C)[C@]1(O3)C3=CC(=C(Cl)Cl)[C@H](OC(=O)c4ccccc4)[C@@]3(O)[C@H](O)[C@](O)(CO)[C@@H](O)[C@@H]21. The predicted octanol–water partition coefficient (Wildman–Crippen LogP) is 3.83. The van der Waals surface area contributed by atoms with Gasteiger partial charge in [-0.05, 0) is 42.8 Å². The summed E-state index contributed by atoms with van der Waals surface area (Å²) in [6, 6.07) is 24.4. The number of carbonyl (C=O) groups excluding carboxylic acids is 2. The number of hydrogen-bond donors (Lipinski definition) is 5. The molecule has 9 rings (SSSR count). The molecular formula is C41H38Cl2O12. The van der Waals surface area contributed by atoms with E-state index in [9.17, 15) is 35.1 Å². The van der Waals surface area contributed by atoms with Crippen molar-refractivity contribution >= 4 is 35.1 Å². The highest BCUT2D eigenvalue weighted by atomic mass is 35.5. The minimum Gasteiger partial charge on any atom is -0.450 e. The van der Waals surface area contributed by atoms with Crippen molar-refractivity contribution in [1.82, 2.24) is 0 Å². The molecule has 1 spiro atoms. The molecule has 3 saturated heterocycles. The van der Waals surface area contributed by atoms with Crippen LogP contribution < -0.4 is 0 Å². The van der Waals surface area contributed by atoms with Gasteiger partial charge in [0.05, 0.1) is 29.8 Å². The van der Waals surface area contributed by atoms with E-state index in [2.05, 4.69) is 6.58 Å². The van der Waals surface area contributed by atoms with E-state index in [-0.39, 0.29) is 27.8 Å². The van der Waals surface area contributed by atoms with Crippen LogP contribution in [0, 0.1) is 11.8 Å². The summed E-state index contributed by atoms with van der Waals surface area (Å²) in [7, 11) is 0. The molecule has 288 valence electrons. The third-order valence-corrected chi connectivity index (χ3v) is 12.4. The Bertz CT molecular complexity index is 2110. The minimum atomic E-state index is -3.00. The number of ether oxygens (including phenoxy) is 5. The summed E-state index contributed by atoms with van der Waals surface area (Å²) >= 11 is 12.9. The molecule has 12 atom stereocenters. The average Bonchev–Trinajstić information content (AvgIpc) is 3.48. The molecule has 5 fully saturated rings. The summed E-state index contributed by atoms with van der Waals surface area (Å²) in [6.45, 7) is 6.12. The smallest absolute Gasteiger partial charge is 0.339 e. The van der Waals surface area contributed by atoms with E-state index >= 15 is 0 Å². The number of esters is 2. The Balaban J connectivity index is 1.40. The topological polar surface area (TPSA) is 181 Å². The molecule has 0 amide bonds. The van der Waals surface area contributed by atoms with E-state index in [4.69, 9.17) is 46.9 Å². The lowest BCUT2D eigenvalue weighted by Crippen LogP contribution is -2.86. The zero-order valence-electron chi connectivity index (χ0n) is 29.5. The molecule has 0 radical (unpaired) electrons. The van der Waals surface area contributed by atoms with Crippen LogP contribution in [0.1, 0.15) is 40.1 Å². The van der Waals surface area contributed by atoms with E-state index in [1.165, 1.54) is 18.2 Å². The quantitative estimate of drug-likeness (QED) is 0.173. The van der Waals surface area contributed by atoms with E-state index in [0.717, 1.165) is 0 Å². The number of hydrogen-bond acceptors (Lipinski definition) is 12. The first-order valence-corrected chi connectivity index (χ1v) is 18.4. The molecule has 12 nitrogen and oxygen atoms in total. The summed E-state index contributed by atoms with van der Waals surface area (Å²) in [5.41, 5.74) is -9.45. The van der Waals surface area contributed by atoms with Crippen LogP contribution in [0.15, 0.2) is 125 Å². The van der Waals surface area contributed by atoms with Gasteiger partial charge in [0.1, 0.15) is 34.0 Å². The first kappa shape index (κ1) is 38.0. The van der Waals surface area contributed by atoms with Gasteiger partial charge < -0.3 is 49.2 Å². The highest BCUT2D eigenvalue weighted by Gasteiger charge is 2.86. The largest absolute Gasteiger partial charge is 0.450 e. The lowest BCUT2D eigenvalue weighted by Gasteiger charge is -2.72. The summed E-state index contributed by atoms with van der Waals surface area (Å²) < 4.78 is 32.4. The Morgan fingerprint density at radius 2 is 1.40 bits per heavy atom. The second-order valence-electron chi connectivity index (χ2n) is 14.8. The van der Waals surface area contributed by atoms with Gasteiger partial charge in [-0.1, -0.05) is 103 Å². The number of aliphatic hydroxyl groups is 5. The molecule has 5 N–H and O–H groups in total. The highest BCUT2D eigenvalue weighted by Crippen LogP contribution is 2.71. The molecule has 3 aromatic carbocycles. The molecular weight excluding hydrogens is 755 g/mol. The van der Waals surface area contributed by atoms with Crippen molar-refractivity contribution in [2.45, 2.75) is 72.7 Å². The molecule has 3 aliphatic carbocycles. The zero-order chi connectivity index (χ0) is 39.3. The lowest BCUT2D eigenvalue weighted by molar-refractivity contribution is -0.573. The van der Waals surface area contributed by atoms with Gasteiger partial charge in [-0.15, -0.1) is 0 Å². The van der Waals surface area contributed by atoms with Crippen molar-refractivity contribution in [3.05, 3.63) is 142 Å². The third kappa shape index (κ3) is 5.01. The van der Waals surface area contributed by atoms with Gasteiger partial charge in [0.25, 0.3) is 0 Å². The van der Waals surface area contributed by atoms with Gasteiger partial charge in [0, 0.05) is 22.6 Å². The van der Waals surface area contributed by atoms with Gasteiger partial charge in [-0.3, -0.25) is 0 Å². The van der Waals surface area contributed by atoms with Crippen LogP contribution in [0.4, 0.5) is 0 Å². The van der Waals surface area contributed by atoms with Gasteiger partial charge in [0.15, 0.2) is 17.3 Å².